The number of aldehydes is 1. The summed E-state index contributed by atoms with van der Waals surface area (Å²) in [4.78, 5) is 25.6. The summed E-state index contributed by atoms with van der Waals surface area (Å²) >= 11 is 0. The van der Waals surface area contributed by atoms with Crippen LogP contribution >= 0.6 is 0 Å². The molecule has 5 heteroatoms. The Kier molecular flexibility index (Phi) is 2.80. The first-order chi connectivity index (χ1) is 7.28. The minimum absolute atomic E-state index is 0.0308. The smallest absolute Gasteiger partial charge is 0.239 e. The summed E-state index contributed by atoms with van der Waals surface area (Å²) in [5.41, 5.74) is 0.352. The molecule has 0 unspecified atom stereocenters. The van der Waals surface area contributed by atoms with Gasteiger partial charge < -0.3 is 9.88 Å². The van der Waals surface area contributed by atoms with E-state index >= 15 is 0 Å². The molecule has 0 aromatic carbocycles. The largest absolute Gasteiger partial charge is 0.354 e. The van der Waals surface area contributed by atoms with Gasteiger partial charge in [0.15, 0.2) is 6.29 Å². The highest BCUT2D eigenvalue weighted by Gasteiger charge is 2.21. The molecule has 1 N–H and O–H groups in total. The van der Waals surface area contributed by atoms with Crippen LogP contribution in [0.3, 0.4) is 0 Å². The van der Waals surface area contributed by atoms with Gasteiger partial charge >= 0.3 is 0 Å². The van der Waals surface area contributed by atoms with Gasteiger partial charge in [-0.25, -0.2) is 4.98 Å². The topological polar surface area (TPSA) is 64.0 Å². The van der Waals surface area contributed by atoms with Gasteiger partial charge in [-0.3, -0.25) is 9.59 Å². The van der Waals surface area contributed by atoms with Crippen molar-refractivity contribution in [2.24, 2.45) is 5.92 Å². The maximum Gasteiger partial charge on any atom is 0.239 e. The van der Waals surface area contributed by atoms with Crippen LogP contribution in [-0.2, 0) is 11.3 Å². The van der Waals surface area contributed by atoms with E-state index in [0.717, 1.165) is 6.54 Å². The Labute approximate surface area is 87.5 Å². The number of carbonyl (C=O) groups is 2. The van der Waals surface area contributed by atoms with Gasteiger partial charge in [0.25, 0.3) is 0 Å². The van der Waals surface area contributed by atoms with Crippen LogP contribution in [0.1, 0.15) is 23.3 Å². The average molecular weight is 207 g/mol. The second-order valence-corrected chi connectivity index (χ2v) is 3.84. The van der Waals surface area contributed by atoms with Gasteiger partial charge in [-0.05, 0) is 18.8 Å². The third-order valence-electron chi connectivity index (χ3n) is 2.38. The first-order valence-corrected chi connectivity index (χ1v) is 5.01. The molecule has 0 bridgehead atoms. The number of carbonyl (C=O) groups excluding carboxylic acids is 2. The number of aromatic nitrogens is 2. The zero-order valence-electron chi connectivity index (χ0n) is 8.35. The molecule has 0 atom stereocenters. The third kappa shape index (κ3) is 2.90. The van der Waals surface area contributed by atoms with Gasteiger partial charge in [0.1, 0.15) is 12.2 Å². The lowest BCUT2D eigenvalue weighted by atomic mass is 10.4. The molecule has 1 aliphatic carbocycles. The van der Waals surface area contributed by atoms with Gasteiger partial charge in [-0.2, -0.15) is 0 Å². The molecular formula is C10H13N3O2. The molecule has 80 valence electrons. The Morgan fingerprint density at radius 3 is 3.07 bits per heavy atom. The van der Waals surface area contributed by atoms with E-state index in [1.807, 2.05) is 0 Å². The molecular weight excluding hydrogens is 194 g/mol. The average Bonchev–Trinajstić information content (AvgIpc) is 2.96. The lowest BCUT2D eigenvalue weighted by Gasteiger charge is -2.03. The van der Waals surface area contributed by atoms with Crippen LogP contribution in [-0.4, -0.2) is 28.3 Å². The highest BCUT2D eigenvalue weighted by molar-refractivity contribution is 5.76. The molecule has 1 aromatic rings. The third-order valence-corrected chi connectivity index (χ3v) is 2.38. The fraction of sp³-hybridized carbons (Fsp3) is 0.500. The van der Waals surface area contributed by atoms with E-state index in [2.05, 4.69) is 10.3 Å². The highest BCUT2D eigenvalue weighted by Crippen LogP contribution is 2.27. The Hall–Kier alpha value is -1.65. The number of nitrogens with one attached hydrogen (secondary N) is 1. The van der Waals surface area contributed by atoms with Crippen LogP contribution < -0.4 is 5.32 Å². The molecule has 1 saturated carbocycles. The zero-order chi connectivity index (χ0) is 10.7. The molecule has 0 spiro atoms. The van der Waals surface area contributed by atoms with Crippen molar-refractivity contribution in [1.82, 2.24) is 14.9 Å². The molecule has 2 rings (SSSR count). The summed E-state index contributed by atoms with van der Waals surface area (Å²) in [6, 6.07) is 0. The molecule has 0 radical (unpaired) electrons. The maximum absolute atomic E-state index is 11.4. The number of nitrogens with zero attached hydrogens (tertiary/aromatic N) is 2. The first-order valence-electron chi connectivity index (χ1n) is 5.01. The molecule has 1 fully saturated rings. The molecule has 5 nitrogen and oxygen atoms in total. The van der Waals surface area contributed by atoms with Crippen LogP contribution in [0.4, 0.5) is 0 Å². The number of imidazole rings is 1. The van der Waals surface area contributed by atoms with Crippen LogP contribution in [0.5, 0.6) is 0 Å². The quantitative estimate of drug-likeness (QED) is 0.702. The normalized spacial score (nSPS) is 14.9. The van der Waals surface area contributed by atoms with E-state index in [0.29, 0.717) is 17.9 Å². The van der Waals surface area contributed by atoms with Crippen molar-refractivity contribution in [3.05, 3.63) is 18.2 Å². The molecule has 1 aliphatic rings. The molecule has 1 amide bonds. The van der Waals surface area contributed by atoms with E-state index in [1.165, 1.54) is 19.2 Å². The van der Waals surface area contributed by atoms with Gasteiger partial charge in [0.2, 0.25) is 5.91 Å². The standard InChI is InChI=1S/C10H13N3O2/c14-6-9-4-13(7-12-9)5-10(15)11-3-8-1-2-8/h4,6-8H,1-3,5H2,(H,11,15). The van der Waals surface area contributed by atoms with Crippen molar-refractivity contribution >= 4 is 12.2 Å². The van der Waals surface area contributed by atoms with Crippen molar-refractivity contribution in [1.29, 1.82) is 0 Å². The first kappa shape index (κ1) is 9.89. The Morgan fingerprint density at radius 2 is 2.47 bits per heavy atom. The summed E-state index contributed by atoms with van der Waals surface area (Å²) in [5, 5.41) is 2.84. The Morgan fingerprint density at radius 1 is 1.67 bits per heavy atom. The highest BCUT2D eigenvalue weighted by atomic mass is 16.2. The summed E-state index contributed by atoms with van der Waals surface area (Å²) in [6.07, 6.45) is 6.16. The lowest BCUT2D eigenvalue weighted by molar-refractivity contribution is -0.121. The van der Waals surface area contributed by atoms with Crippen molar-refractivity contribution in [2.45, 2.75) is 19.4 Å². The summed E-state index contributed by atoms with van der Waals surface area (Å²) in [6.45, 7) is 1.00. The van der Waals surface area contributed by atoms with E-state index in [4.69, 9.17) is 0 Å². The minimum atomic E-state index is -0.0308. The van der Waals surface area contributed by atoms with Gasteiger partial charge in [-0.1, -0.05) is 0 Å². The summed E-state index contributed by atoms with van der Waals surface area (Å²) < 4.78 is 1.60. The van der Waals surface area contributed by atoms with Crippen LogP contribution in [0, 0.1) is 5.92 Å². The van der Waals surface area contributed by atoms with Crippen molar-refractivity contribution in [3.63, 3.8) is 0 Å². The lowest BCUT2D eigenvalue weighted by Crippen LogP contribution is -2.28. The second-order valence-electron chi connectivity index (χ2n) is 3.84. The molecule has 0 saturated heterocycles. The fourth-order valence-electron chi connectivity index (χ4n) is 1.33. The number of hydrogen-bond donors (Lipinski definition) is 1. The van der Waals surface area contributed by atoms with Crippen LogP contribution in [0.2, 0.25) is 0 Å². The summed E-state index contributed by atoms with van der Waals surface area (Å²) in [5.74, 6) is 0.652. The fourth-order valence-corrected chi connectivity index (χ4v) is 1.33. The second kappa shape index (κ2) is 4.25. The van der Waals surface area contributed by atoms with Crippen molar-refractivity contribution in [3.8, 4) is 0 Å². The van der Waals surface area contributed by atoms with Gasteiger partial charge in [0, 0.05) is 12.7 Å². The molecule has 1 aromatic heterocycles. The van der Waals surface area contributed by atoms with Crippen LogP contribution in [0.15, 0.2) is 12.5 Å². The predicted molar refractivity (Wildman–Crippen MR) is 53.3 cm³/mol. The van der Waals surface area contributed by atoms with E-state index in [1.54, 1.807) is 10.8 Å². The number of amides is 1. The van der Waals surface area contributed by atoms with E-state index < -0.39 is 0 Å². The molecule has 15 heavy (non-hydrogen) atoms. The number of rotatable bonds is 5. The van der Waals surface area contributed by atoms with Gasteiger partial charge in [-0.15, -0.1) is 0 Å². The SMILES string of the molecule is O=Cc1cn(CC(=O)NCC2CC2)cn1. The van der Waals surface area contributed by atoms with Crippen molar-refractivity contribution in [2.75, 3.05) is 6.54 Å². The summed E-state index contributed by atoms with van der Waals surface area (Å²) in [7, 11) is 0. The Bertz CT molecular complexity index is 368. The molecule has 1 heterocycles. The van der Waals surface area contributed by atoms with E-state index in [9.17, 15) is 9.59 Å². The van der Waals surface area contributed by atoms with Gasteiger partial charge in [0.05, 0.1) is 6.33 Å². The predicted octanol–water partition coefficient (Wildman–Crippen LogP) is 0.222. The minimum Gasteiger partial charge on any atom is -0.354 e. The maximum atomic E-state index is 11.4. The monoisotopic (exact) mass is 207 g/mol. The van der Waals surface area contributed by atoms with E-state index in [-0.39, 0.29) is 12.5 Å². The molecule has 0 aliphatic heterocycles. The van der Waals surface area contributed by atoms with Crippen LogP contribution in [0.25, 0.3) is 0 Å². The zero-order valence-corrected chi connectivity index (χ0v) is 8.35. The Balaban J connectivity index is 1.78. The number of hydrogen-bond acceptors (Lipinski definition) is 3. The van der Waals surface area contributed by atoms with Crippen molar-refractivity contribution < 1.29 is 9.59 Å².